The molecule has 2 amide bonds. The van der Waals surface area contributed by atoms with Crippen LogP contribution in [0.5, 0.6) is 5.88 Å². The predicted octanol–water partition coefficient (Wildman–Crippen LogP) is 3.08. The third-order valence-electron chi connectivity index (χ3n) is 4.62. The molecule has 6 heteroatoms. The zero-order chi connectivity index (χ0) is 18.6. The number of carbonyl (C=O) groups excluding carboxylic acids is 1. The number of urea groups is 1. The Hall–Kier alpha value is -3.59. The van der Waals surface area contributed by atoms with E-state index in [2.05, 4.69) is 34.6 Å². The maximum atomic E-state index is 12.3. The van der Waals surface area contributed by atoms with Gasteiger partial charge in [0.15, 0.2) is 0 Å². The highest BCUT2D eigenvalue weighted by atomic mass is 16.5. The van der Waals surface area contributed by atoms with Crippen molar-refractivity contribution in [2.24, 2.45) is 0 Å². The summed E-state index contributed by atoms with van der Waals surface area (Å²) >= 11 is 0. The molecule has 1 saturated heterocycles. The maximum absolute atomic E-state index is 12.3. The molecule has 1 fully saturated rings. The van der Waals surface area contributed by atoms with E-state index < -0.39 is 0 Å². The molecule has 2 heterocycles. The number of rotatable bonds is 4. The number of amides is 2. The van der Waals surface area contributed by atoms with E-state index >= 15 is 0 Å². The summed E-state index contributed by atoms with van der Waals surface area (Å²) in [4.78, 5) is 18.1. The van der Waals surface area contributed by atoms with E-state index in [1.165, 1.54) is 0 Å². The molecule has 0 atom stereocenters. The summed E-state index contributed by atoms with van der Waals surface area (Å²) in [5.74, 6) is 0.320. The number of nitrogens with one attached hydrogen (secondary N) is 1. The monoisotopic (exact) mass is 358 g/mol. The molecule has 2 aromatic carbocycles. The summed E-state index contributed by atoms with van der Waals surface area (Å²) in [5, 5.41) is 14.3. The number of benzene rings is 2. The third kappa shape index (κ3) is 3.53. The summed E-state index contributed by atoms with van der Waals surface area (Å²) < 4.78 is 5.72. The van der Waals surface area contributed by atoms with Crippen LogP contribution in [-0.2, 0) is 6.54 Å². The van der Waals surface area contributed by atoms with E-state index in [-0.39, 0.29) is 12.1 Å². The summed E-state index contributed by atoms with van der Waals surface area (Å²) in [7, 11) is 0. The molecule has 0 radical (unpaired) electrons. The Kier molecular flexibility index (Phi) is 4.58. The molecule has 27 heavy (non-hydrogen) atoms. The first-order chi connectivity index (χ1) is 13.2. The van der Waals surface area contributed by atoms with Crippen LogP contribution in [-0.4, -0.2) is 35.1 Å². The number of hydrogen-bond donors (Lipinski definition) is 1. The number of pyridine rings is 1. The quantitative estimate of drug-likeness (QED) is 0.777. The number of fused-ring (bicyclic) bond motifs is 1. The molecule has 1 aliphatic heterocycles. The number of carbonyl (C=O) groups is 1. The van der Waals surface area contributed by atoms with Crippen LogP contribution >= 0.6 is 0 Å². The second-order valence-electron chi connectivity index (χ2n) is 6.41. The van der Waals surface area contributed by atoms with Gasteiger partial charge in [-0.2, -0.15) is 5.26 Å². The van der Waals surface area contributed by atoms with E-state index in [4.69, 9.17) is 10.00 Å². The predicted molar refractivity (Wildman–Crippen MR) is 101 cm³/mol. The lowest BCUT2D eigenvalue weighted by molar-refractivity contribution is 0.0411. The van der Waals surface area contributed by atoms with Crippen molar-refractivity contribution in [3.63, 3.8) is 0 Å². The second kappa shape index (κ2) is 7.34. The van der Waals surface area contributed by atoms with Crippen molar-refractivity contribution < 1.29 is 9.53 Å². The molecule has 0 aliphatic carbocycles. The normalized spacial score (nSPS) is 13.7. The summed E-state index contributed by atoms with van der Waals surface area (Å²) in [6, 6.07) is 19.5. The number of nitrogens with zero attached hydrogens (tertiary/aromatic N) is 3. The summed E-state index contributed by atoms with van der Waals surface area (Å²) in [5.41, 5.74) is 1.48. The van der Waals surface area contributed by atoms with E-state index in [9.17, 15) is 4.79 Å². The minimum atomic E-state index is -0.143. The first kappa shape index (κ1) is 16.9. The zero-order valence-corrected chi connectivity index (χ0v) is 14.6. The fourth-order valence-corrected chi connectivity index (χ4v) is 3.14. The molecule has 0 unspecified atom stereocenters. The molecule has 3 aromatic rings. The Balaban J connectivity index is 1.31. The maximum Gasteiger partial charge on any atom is 0.317 e. The highest BCUT2D eigenvalue weighted by Crippen LogP contribution is 2.20. The van der Waals surface area contributed by atoms with Gasteiger partial charge in [0.1, 0.15) is 17.7 Å². The van der Waals surface area contributed by atoms with Gasteiger partial charge < -0.3 is 15.0 Å². The van der Waals surface area contributed by atoms with Crippen molar-refractivity contribution >= 4 is 16.8 Å². The van der Waals surface area contributed by atoms with Crippen molar-refractivity contribution in [2.75, 3.05) is 13.1 Å². The van der Waals surface area contributed by atoms with Crippen LogP contribution in [0.15, 0.2) is 60.8 Å². The molecule has 1 N–H and O–H groups in total. The number of nitriles is 1. The van der Waals surface area contributed by atoms with Crippen LogP contribution in [0.25, 0.3) is 10.8 Å². The van der Waals surface area contributed by atoms with Crippen molar-refractivity contribution in [1.29, 1.82) is 5.26 Å². The number of ether oxygens (including phenoxy) is 1. The van der Waals surface area contributed by atoms with E-state index in [0.717, 1.165) is 16.3 Å². The van der Waals surface area contributed by atoms with Crippen LogP contribution in [0.3, 0.4) is 0 Å². The first-order valence-corrected chi connectivity index (χ1v) is 8.76. The van der Waals surface area contributed by atoms with Crippen molar-refractivity contribution in [3.05, 3.63) is 71.9 Å². The van der Waals surface area contributed by atoms with Crippen molar-refractivity contribution in [1.82, 2.24) is 15.2 Å². The number of likely N-dealkylation sites (tertiary alicyclic amines) is 1. The molecule has 6 nitrogen and oxygen atoms in total. The molecule has 1 aromatic heterocycles. The Morgan fingerprint density at radius 2 is 2.00 bits per heavy atom. The highest BCUT2D eigenvalue weighted by molar-refractivity contribution is 5.86. The van der Waals surface area contributed by atoms with Gasteiger partial charge >= 0.3 is 6.03 Å². The van der Waals surface area contributed by atoms with Crippen LogP contribution in [0.1, 0.15) is 11.1 Å². The highest BCUT2D eigenvalue weighted by Gasteiger charge is 2.33. The fourth-order valence-electron chi connectivity index (χ4n) is 3.14. The number of aromatic nitrogens is 1. The molecular weight excluding hydrogens is 340 g/mol. The van der Waals surface area contributed by atoms with Crippen molar-refractivity contribution in [3.8, 4) is 11.9 Å². The lowest BCUT2D eigenvalue weighted by Crippen LogP contribution is -2.58. The SMILES string of the molecule is N#Cc1cccnc1OC1CN(C(=O)NCc2cccc3ccccc23)C1. The van der Waals surface area contributed by atoms with Gasteiger partial charge in [-0.3, -0.25) is 0 Å². The standard InChI is InChI=1S/C21H18N4O2/c22-11-16-8-4-10-23-20(16)27-18-13-25(14-18)21(26)24-12-17-7-3-6-15-5-1-2-9-19(15)17/h1-10,18H,12-14H2,(H,24,26). The Morgan fingerprint density at radius 1 is 1.19 bits per heavy atom. The van der Waals surface area contributed by atoms with Crippen molar-refractivity contribution in [2.45, 2.75) is 12.6 Å². The second-order valence-corrected chi connectivity index (χ2v) is 6.41. The minimum Gasteiger partial charge on any atom is -0.470 e. The van der Waals surface area contributed by atoms with Crippen LogP contribution in [0.2, 0.25) is 0 Å². The Morgan fingerprint density at radius 3 is 2.85 bits per heavy atom. The molecule has 1 aliphatic rings. The summed E-state index contributed by atoms with van der Waals surface area (Å²) in [6.07, 6.45) is 1.44. The van der Waals surface area contributed by atoms with Crippen LogP contribution in [0, 0.1) is 11.3 Å². The van der Waals surface area contributed by atoms with Gasteiger partial charge in [-0.1, -0.05) is 42.5 Å². The average Bonchev–Trinajstić information content (AvgIpc) is 2.68. The van der Waals surface area contributed by atoms with Crippen LogP contribution < -0.4 is 10.1 Å². The minimum absolute atomic E-state index is 0.121. The number of hydrogen-bond acceptors (Lipinski definition) is 4. The first-order valence-electron chi connectivity index (χ1n) is 8.76. The van der Waals surface area contributed by atoms with Gasteiger partial charge in [0, 0.05) is 12.7 Å². The van der Waals surface area contributed by atoms with Gasteiger partial charge in [0.2, 0.25) is 5.88 Å². The average molecular weight is 358 g/mol. The lowest BCUT2D eigenvalue weighted by Gasteiger charge is -2.38. The van der Waals surface area contributed by atoms with E-state index in [1.54, 1.807) is 23.2 Å². The smallest absolute Gasteiger partial charge is 0.317 e. The third-order valence-corrected chi connectivity index (χ3v) is 4.62. The van der Waals surface area contributed by atoms with Gasteiger partial charge in [-0.25, -0.2) is 9.78 Å². The molecule has 4 rings (SSSR count). The lowest BCUT2D eigenvalue weighted by atomic mass is 10.0. The van der Waals surface area contributed by atoms with Crippen LogP contribution in [0.4, 0.5) is 4.79 Å². The van der Waals surface area contributed by atoms with Gasteiger partial charge in [-0.05, 0) is 28.5 Å². The molecule has 134 valence electrons. The topological polar surface area (TPSA) is 78.2 Å². The molecular formula is C21H18N4O2. The van der Waals surface area contributed by atoms with Gasteiger partial charge in [-0.15, -0.1) is 0 Å². The fraction of sp³-hybridized carbons (Fsp3) is 0.190. The molecule has 0 spiro atoms. The zero-order valence-electron chi connectivity index (χ0n) is 14.6. The largest absolute Gasteiger partial charge is 0.470 e. The van der Waals surface area contributed by atoms with Gasteiger partial charge in [0.25, 0.3) is 0 Å². The van der Waals surface area contributed by atoms with Gasteiger partial charge in [0.05, 0.1) is 13.1 Å². The summed E-state index contributed by atoms with van der Waals surface area (Å²) in [6.45, 7) is 1.42. The molecule has 0 bridgehead atoms. The van der Waals surface area contributed by atoms with E-state index in [1.807, 2.05) is 24.3 Å². The Labute approximate surface area is 157 Å². The molecule has 0 saturated carbocycles. The Bertz CT molecular complexity index is 1020. The van der Waals surface area contributed by atoms with E-state index in [0.29, 0.717) is 31.1 Å².